The Morgan fingerprint density at radius 2 is 1.66 bits per heavy atom. The molecule has 0 N–H and O–H groups in total. The van der Waals surface area contributed by atoms with Crippen LogP contribution in [0.2, 0.25) is 0 Å². The lowest BCUT2D eigenvalue weighted by Crippen LogP contribution is -2.26. The molecule has 0 amide bonds. The van der Waals surface area contributed by atoms with Crippen LogP contribution in [0.4, 0.5) is 0 Å². The van der Waals surface area contributed by atoms with Gasteiger partial charge in [0.2, 0.25) is 17.0 Å². The van der Waals surface area contributed by atoms with Crippen molar-refractivity contribution in [3.63, 3.8) is 0 Å². The van der Waals surface area contributed by atoms with E-state index in [9.17, 15) is 9.59 Å². The number of carbonyl (C=O) groups excluding carboxylic acids is 1. The zero-order valence-electron chi connectivity index (χ0n) is 18.5. The molecule has 0 fully saturated rings. The maximum atomic E-state index is 13.5. The third kappa shape index (κ3) is 4.02. The molecule has 1 atom stereocenters. The van der Waals surface area contributed by atoms with Crippen LogP contribution in [0.3, 0.4) is 0 Å². The minimum absolute atomic E-state index is 0.0180. The van der Waals surface area contributed by atoms with Gasteiger partial charge in [-0.2, -0.15) is 0 Å². The van der Waals surface area contributed by atoms with Gasteiger partial charge >= 0.3 is 0 Å². The molecule has 5 nitrogen and oxygen atoms in total. The molecular weight excluding hydrogens is 404 g/mol. The van der Waals surface area contributed by atoms with E-state index in [1.54, 1.807) is 68.6 Å². The predicted octanol–water partition coefficient (Wildman–Crippen LogP) is 5.74. The Bertz CT molecular complexity index is 1330. The monoisotopic (exact) mass is 428 g/mol. The van der Waals surface area contributed by atoms with Crippen LogP contribution in [-0.4, -0.2) is 19.0 Å². The molecule has 0 aliphatic carbocycles. The first-order valence-corrected chi connectivity index (χ1v) is 10.4. The first-order chi connectivity index (χ1) is 15.4. The smallest absolute Gasteiger partial charge is 0.235 e. The summed E-state index contributed by atoms with van der Waals surface area (Å²) in [5.74, 6) is 0.763. The summed E-state index contributed by atoms with van der Waals surface area (Å²) >= 11 is 0. The summed E-state index contributed by atoms with van der Waals surface area (Å²) in [7, 11) is 1.59. The van der Waals surface area contributed by atoms with Crippen molar-refractivity contribution in [3.05, 3.63) is 93.6 Å². The molecule has 0 unspecified atom stereocenters. The van der Waals surface area contributed by atoms with E-state index in [0.29, 0.717) is 27.8 Å². The Balaban J connectivity index is 1.87. The van der Waals surface area contributed by atoms with Gasteiger partial charge in [-0.05, 0) is 62.2 Å². The highest BCUT2D eigenvalue weighted by molar-refractivity contribution is 5.99. The van der Waals surface area contributed by atoms with Gasteiger partial charge in [0.1, 0.15) is 11.3 Å². The fourth-order valence-electron chi connectivity index (χ4n) is 3.74. The summed E-state index contributed by atoms with van der Waals surface area (Å²) in [5, 5.41) is 0.425. The van der Waals surface area contributed by atoms with Gasteiger partial charge in [-0.25, -0.2) is 0 Å². The number of benzene rings is 3. The lowest BCUT2D eigenvalue weighted by Gasteiger charge is -2.17. The highest BCUT2D eigenvalue weighted by Crippen LogP contribution is 2.34. The van der Waals surface area contributed by atoms with Gasteiger partial charge in [-0.1, -0.05) is 36.4 Å². The fourth-order valence-corrected chi connectivity index (χ4v) is 3.74. The van der Waals surface area contributed by atoms with Crippen LogP contribution >= 0.6 is 0 Å². The van der Waals surface area contributed by atoms with E-state index in [1.165, 1.54) is 0 Å². The lowest BCUT2D eigenvalue weighted by atomic mass is 10.0. The van der Waals surface area contributed by atoms with Crippen molar-refractivity contribution in [3.8, 4) is 22.8 Å². The molecular formula is C27H24O5. The molecule has 1 aromatic heterocycles. The molecule has 0 radical (unpaired) electrons. The largest absolute Gasteiger partial charge is 0.497 e. The number of hydrogen-bond acceptors (Lipinski definition) is 5. The Labute approximate surface area is 186 Å². The Morgan fingerprint density at radius 3 is 2.31 bits per heavy atom. The van der Waals surface area contributed by atoms with Crippen molar-refractivity contribution in [2.75, 3.05) is 7.11 Å². The molecule has 0 spiro atoms. The topological polar surface area (TPSA) is 65.7 Å². The van der Waals surface area contributed by atoms with Crippen LogP contribution in [0.25, 0.3) is 22.3 Å². The SMILES string of the molecule is COc1ccc(-c2oc3c(C)cc(C)cc3c(=O)c2O[C@H](C)C(=O)c2ccccc2)cc1. The minimum atomic E-state index is -0.874. The number of Topliss-reactive ketones (excluding diaryl/α,β-unsaturated/α-hetero) is 1. The van der Waals surface area contributed by atoms with Gasteiger partial charge in [-0.15, -0.1) is 0 Å². The van der Waals surface area contributed by atoms with Gasteiger partial charge in [0.05, 0.1) is 12.5 Å². The van der Waals surface area contributed by atoms with Gasteiger partial charge in [-0.3, -0.25) is 9.59 Å². The van der Waals surface area contributed by atoms with Crippen LogP contribution < -0.4 is 14.9 Å². The third-order valence-electron chi connectivity index (χ3n) is 5.35. The van der Waals surface area contributed by atoms with Crippen molar-refractivity contribution in [2.45, 2.75) is 26.9 Å². The highest BCUT2D eigenvalue weighted by atomic mass is 16.5. The Hall–Kier alpha value is -3.86. The van der Waals surface area contributed by atoms with E-state index in [4.69, 9.17) is 13.9 Å². The molecule has 0 aliphatic heterocycles. The summed E-state index contributed by atoms with van der Waals surface area (Å²) in [5.41, 5.74) is 3.16. The molecule has 32 heavy (non-hydrogen) atoms. The van der Waals surface area contributed by atoms with E-state index in [2.05, 4.69) is 0 Å². The second kappa shape index (κ2) is 8.71. The molecule has 0 saturated heterocycles. The number of methoxy groups -OCH3 is 1. The average molecular weight is 428 g/mol. The first kappa shape index (κ1) is 21.4. The zero-order valence-corrected chi connectivity index (χ0v) is 18.5. The number of fused-ring (bicyclic) bond motifs is 1. The summed E-state index contributed by atoms with van der Waals surface area (Å²) in [6.07, 6.45) is -0.874. The number of carbonyl (C=O) groups is 1. The average Bonchev–Trinajstić information content (AvgIpc) is 2.81. The van der Waals surface area contributed by atoms with Crippen LogP contribution in [0.15, 0.2) is 75.9 Å². The van der Waals surface area contributed by atoms with Crippen molar-refractivity contribution >= 4 is 16.8 Å². The van der Waals surface area contributed by atoms with Crippen LogP contribution in [0.1, 0.15) is 28.4 Å². The molecule has 0 saturated carbocycles. The second-order valence-electron chi connectivity index (χ2n) is 7.77. The van der Waals surface area contributed by atoms with Gasteiger partial charge < -0.3 is 13.9 Å². The quantitative estimate of drug-likeness (QED) is 0.367. The van der Waals surface area contributed by atoms with E-state index in [0.717, 1.165) is 11.1 Å². The van der Waals surface area contributed by atoms with E-state index < -0.39 is 6.10 Å². The number of ketones is 1. The number of rotatable bonds is 6. The maximum Gasteiger partial charge on any atom is 0.235 e. The standard InChI is InChI=1S/C27H24O5/c1-16-14-17(2)25-22(15-16)24(29)27(26(32-25)20-10-12-21(30-4)13-11-20)31-18(3)23(28)19-8-6-5-7-9-19/h5-15,18H,1-4H3/t18-/m1/s1. The van der Waals surface area contributed by atoms with Gasteiger partial charge in [0, 0.05) is 11.1 Å². The lowest BCUT2D eigenvalue weighted by molar-refractivity contribution is 0.0815. The third-order valence-corrected chi connectivity index (χ3v) is 5.35. The van der Waals surface area contributed by atoms with Crippen LogP contribution in [0.5, 0.6) is 11.5 Å². The number of hydrogen-bond donors (Lipinski definition) is 0. The molecule has 5 heteroatoms. The maximum absolute atomic E-state index is 13.5. The molecule has 162 valence electrons. The normalized spacial score (nSPS) is 11.9. The summed E-state index contributed by atoms with van der Waals surface area (Å²) < 4.78 is 17.5. The van der Waals surface area contributed by atoms with Gasteiger partial charge in [0.15, 0.2) is 11.9 Å². The molecule has 4 rings (SSSR count). The molecule has 1 heterocycles. The predicted molar refractivity (Wildman–Crippen MR) is 125 cm³/mol. The van der Waals surface area contributed by atoms with Crippen molar-refractivity contribution in [2.24, 2.45) is 0 Å². The Kier molecular flexibility index (Phi) is 5.82. The minimum Gasteiger partial charge on any atom is -0.497 e. The molecule has 0 aliphatic rings. The number of ether oxygens (including phenoxy) is 2. The van der Waals surface area contributed by atoms with Crippen molar-refractivity contribution < 1.29 is 18.7 Å². The van der Waals surface area contributed by atoms with Crippen LogP contribution in [0, 0.1) is 13.8 Å². The summed E-state index contributed by atoms with van der Waals surface area (Å²) in [6.45, 7) is 5.46. The fraction of sp³-hybridized carbons (Fsp3) is 0.185. The van der Waals surface area contributed by atoms with Crippen molar-refractivity contribution in [1.29, 1.82) is 0 Å². The number of aryl methyl sites for hydroxylation is 2. The van der Waals surface area contributed by atoms with E-state index in [1.807, 2.05) is 26.0 Å². The molecule has 4 aromatic rings. The first-order valence-electron chi connectivity index (χ1n) is 10.4. The van der Waals surface area contributed by atoms with Crippen molar-refractivity contribution in [1.82, 2.24) is 0 Å². The summed E-state index contributed by atoms with van der Waals surface area (Å²) in [6, 6.07) is 19.8. The van der Waals surface area contributed by atoms with Gasteiger partial charge in [0.25, 0.3) is 0 Å². The summed E-state index contributed by atoms with van der Waals surface area (Å²) in [4.78, 5) is 26.4. The Morgan fingerprint density at radius 1 is 0.969 bits per heavy atom. The molecule has 3 aromatic carbocycles. The molecule has 0 bridgehead atoms. The zero-order chi connectivity index (χ0) is 22.8. The van der Waals surface area contributed by atoms with E-state index >= 15 is 0 Å². The van der Waals surface area contributed by atoms with Crippen LogP contribution in [-0.2, 0) is 0 Å². The van der Waals surface area contributed by atoms with E-state index in [-0.39, 0.29) is 22.7 Å². The second-order valence-corrected chi connectivity index (χ2v) is 7.77. The highest BCUT2D eigenvalue weighted by Gasteiger charge is 2.24.